The van der Waals surface area contributed by atoms with Crippen LogP contribution in [0.2, 0.25) is 0 Å². The molecular weight excluding hydrogens is 270 g/mol. The Hall–Kier alpha value is -1.60. The van der Waals surface area contributed by atoms with Crippen LogP contribution in [-0.2, 0) is 19.0 Å². The number of hydrogen-bond donors (Lipinski definition) is 0. The quantitative estimate of drug-likeness (QED) is 0.776. The molecule has 0 bridgehead atoms. The van der Waals surface area contributed by atoms with Crippen molar-refractivity contribution in [2.75, 3.05) is 20.3 Å². The van der Waals surface area contributed by atoms with Gasteiger partial charge < -0.3 is 9.64 Å². The first-order valence-electron chi connectivity index (χ1n) is 5.76. The van der Waals surface area contributed by atoms with E-state index in [2.05, 4.69) is 0 Å². The largest absolute Gasteiger partial charge is 0.447 e. The van der Waals surface area contributed by atoms with Crippen LogP contribution in [0.4, 0.5) is 4.79 Å². The number of likely N-dealkylation sites (N-methyl/N-ethyl adjacent to an activating group) is 1. The molecule has 6 nitrogen and oxygen atoms in total. The smallest absolute Gasteiger partial charge is 0.410 e. The van der Waals surface area contributed by atoms with E-state index < -0.39 is 16.2 Å². The Balaban J connectivity index is 2.02. The second kappa shape index (κ2) is 5.18. The summed E-state index contributed by atoms with van der Waals surface area (Å²) in [5, 5.41) is 0. The predicted octanol–water partition coefficient (Wildman–Crippen LogP) is 1.15. The highest BCUT2D eigenvalue weighted by atomic mass is 32.2. The topological polar surface area (TPSA) is 72.9 Å². The molecule has 1 amide bonds. The molecule has 1 fully saturated rings. The van der Waals surface area contributed by atoms with Crippen LogP contribution < -0.4 is 0 Å². The Morgan fingerprint density at radius 3 is 2.53 bits per heavy atom. The lowest BCUT2D eigenvalue weighted by molar-refractivity contribution is 0.162. The average Bonchev–Trinajstić information content (AvgIpc) is 2.68. The molecule has 0 aliphatic carbocycles. The third-order valence-electron chi connectivity index (χ3n) is 2.96. The Morgan fingerprint density at radius 2 is 2.00 bits per heavy atom. The summed E-state index contributed by atoms with van der Waals surface area (Å²) in [7, 11) is -2.26. The standard InChI is InChI=1S/C12H15NO5S/c1-9-3-5-11(6-4-9)19(15,16)18-8-10-7-17-12(14)13(10)2/h3-6,10H,7-8H2,1-2H3/t10-/m0/s1. The molecule has 7 heteroatoms. The maximum atomic E-state index is 11.9. The fourth-order valence-corrected chi connectivity index (χ4v) is 2.57. The lowest BCUT2D eigenvalue weighted by Gasteiger charge is -2.15. The number of rotatable bonds is 4. The van der Waals surface area contributed by atoms with E-state index >= 15 is 0 Å². The molecule has 1 atom stereocenters. The van der Waals surface area contributed by atoms with Gasteiger partial charge in [-0.3, -0.25) is 4.18 Å². The predicted molar refractivity (Wildman–Crippen MR) is 67.2 cm³/mol. The molecule has 1 aromatic rings. The van der Waals surface area contributed by atoms with Crippen LogP contribution in [0.5, 0.6) is 0 Å². The molecule has 104 valence electrons. The summed E-state index contributed by atoms with van der Waals surface area (Å²) >= 11 is 0. The van der Waals surface area contributed by atoms with Crippen LogP contribution in [0.15, 0.2) is 29.2 Å². The monoisotopic (exact) mass is 285 g/mol. The van der Waals surface area contributed by atoms with Gasteiger partial charge in [0.2, 0.25) is 0 Å². The normalized spacial score (nSPS) is 19.6. The number of nitrogens with zero attached hydrogens (tertiary/aromatic N) is 1. The second-order valence-electron chi connectivity index (χ2n) is 4.39. The first-order chi connectivity index (χ1) is 8.90. The minimum atomic E-state index is -3.80. The SMILES string of the molecule is Cc1ccc(S(=O)(=O)OC[C@@H]2COC(=O)N2C)cc1. The summed E-state index contributed by atoms with van der Waals surface area (Å²) in [6, 6.07) is 6.00. The van der Waals surface area contributed by atoms with E-state index in [1.165, 1.54) is 17.0 Å². The van der Waals surface area contributed by atoms with Crippen LogP contribution in [-0.4, -0.2) is 45.7 Å². The fraction of sp³-hybridized carbons (Fsp3) is 0.417. The van der Waals surface area contributed by atoms with Crippen molar-refractivity contribution in [2.45, 2.75) is 17.9 Å². The van der Waals surface area contributed by atoms with E-state index in [-0.39, 0.29) is 24.2 Å². The lowest BCUT2D eigenvalue weighted by Crippen LogP contribution is -2.34. The van der Waals surface area contributed by atoms with Crippen molar-refractivity contribution >= 4 is 16.2 Å². The number of ether oxygens (including phenoxy) is 1. The number of hydrogen-bond acceptors (Lipinski definition) is 5. The van der Waals surface area contributed by atoms with Gasteiger partial charge in [0.15, 0.2) is 0 Å². The summed E-state index contributed by atoms with van der Waals surface area (Å²) in [5.74, 6) is 0. The van der Waals surface area contributed by atoms with Gasteiger partial charge in [-0.1, -0.05) is 17.7 Å². The highest BCUT2D eigenvalue weighted by Crippen LogP contribution is 2.16. The number of aryl methyl sites for hydroxylation is 1. The zero-order chi connectivity index (χ0) is 14.0. The van der Waals surface area contributed by atoms with Crippen molar-refractivity contribution in [3.8, 4) is 0 Å². The molecule has 1 aliphatic heterocycles. The minimum absolute atomic E-state index is 0.103. The number of benzene rings is 1. The van der Waals surface area contributed by atoms with Crippen molar-refractivity contribution in [1.82, 2.24) is 4.90 Å². The van der Waals surface area contributed by atoms with Crippen LogP contribution in [0, 0.1) is 6.92 Å². The highest BCUT2D eigenvalue weighted by Gasteiger charge is 2.31. The van der Waals surface area contributed by atoms with E-state index in [0.29, 0.717) is 0 Å². The lowest BCUT2D eigenvalue weighted by atomic mass is 10.2. The van der Waals surface area contributed by atoms with E-state index in [1.54, 1.807) is 19.2 Å². The van der Waals surface area contributed by atoms with Gasteiger partial charge in [0.25, 0.3) is 10.1 Å². The number of carbonyl (C=O) groups is 1. The van der Waals surface area contributed by atoms with E-state index in [0.717, 1.165) is 5.56 Å². The van der Waals surface area contributed by atoms with Gasteiger partial charge in [-0.25, -0.2) is 4.79 Å². The van der Waals surface area contributed by atoms with Gasteiger partial charge >= 0.3 is 6.09 Å². The first-order valence-corrected chi connectivity index (χ1v) is 7.16. The molecule has 2 rings (SSSR count). The van der Waals surface area contributed by atoms with Gasteiger partial charge in [0.1, 0.15) is 6.61 Å². The van der Waals surface area contributed by atoms with E-state index in [4.69, 9.17) is 8.92 Å². The molecule has 0 aromatic heterocycles. The fourth-order valence-electron chi connectivity index (χ4n) is 1.63. The van der Waals surface area contributed by atoms with Crippen LogP contribution in [0.3, 0.4) is 0 Å². The molecule has 1 aromatic carbocycles. The van der Waals surface area contributed by atoms with Crippen LogP contribution in [0.25, 0.3) is 0 Å². The molecule has 19 heavy (non-hydrogen) atoms. The van der Waals surface area contributed by atoms with Gasteiger partial charge in [0, 0.05) is 7.05 Å². The average molecular weight is 285 g/mol. The van der Waals surface area contributed by atoms with Crippen molar-refractivity contribution in [1.29, 1.82) is 0 Å². The van der Waals surface area contributed by atoms with Crippen molar-refractivity contribution in [3.05, 3.63) is 29.8 Å². The number of amides is 1. The van der Waals surface area contributed by atoms with Crippen molar-refractivity contribution in [2.24, 2.45) is 0 Å². The summed E-state index contributed by atoms with van der Waals surface area (Å²) in [5.41, 5.74) is 0.966. The third kappa shape index (κ3) is 3.05. The van der Waals surface area contributed by atoms with Gasteiger partial charge in [0.05, 0.1) is 17.5 Å². The summed E-state index contributed by atoms with van der Waals surface area (Å²) in [4.78, 5) is 12.5. The Morgan fingerprint density at radius 1 is 1.37 bits per heavy atom. The molecule has 1 heterocycles. The maximum absolute atomic E-state index is 11.9. The van der Waals surface area contributed by atoms with E-state index in [9.17, 15) is 13.2 Å². The molecular formula is C12H15NO5S. The molecule has 1 aliphatic rings. The molecule has 0 radical (unpaired) electrons. The van der Waals surface area contributed by atoms with Crippen molar-refractivity contribution < 1.29 is 22.1 Å². The van der Waals surface area contributed by atoms with E-state index in [1.807, 2.05) is 6.92 Å². The summed E-state index contributed by atoms with van der Waals surface area (Å²) < 4.78 is 33.6. The number of carbonyl (C=O) groups excluding carboxylic acids is 1. The summed E-state index contributed by atoms with van der Waals surface area (Å²) in [6.45, 7) is 1.89. The molecule has 1 saturated heterocycles. The molecule has 0 saturated carbocycles. The first kappa shape index (κ1) is 13.8. The Bertz CT molecular complexity index is 566. The van der Waals surface area contributed by atoms with Gasteiger partial charge in [-0.15, -0.1) is 0 Å². The van der Waals surface area contributed by atoms with Gasteiger partial charge in [-0.05, 0) is 19.1 Å². The van der Waals surface area contributed by atoms with Crippen LogP contribution >= 0.6 is 0 Å². The minimum Gasteiger partial charge on any atom is -0.447 e. The zero-order valence-electron chi connectivity index (χ0n) is 10.7. The highest BCUT2D eigenvalue weighted by molar-refractivity contribution is 7.86. The molecule has 0 unspecified atom stereocenters. The second-order valence-corrected chi connectivity index (χ2v) is 6.01. The van der Waals surface area contributed by atoms with Crippen molar-refractivity contribution in [3.63, 3.8) is 0 Å². The Labute approximate surface area is 112 Å². The number of cyclic esters (lactones) is 1. The van der Waals surface area contributed by atoms with Gasteiger partial charge in [-0.2, -0.15) is 8.42 Å². The zero-order valence-corrected chi connectivity index (χ0v) is 11.5. The molecule has 0 N–H and O–H groups in total. The third-order valence-corrected chi connectivity index (χ3v) is 4.26. The maximum Gasteiger partial charge on any atom is 0.410 e. The Kier molecular flexibility index (Phi) is 3.77. The van der Waals surface area contributed by atoms with Crippen LogP contribution in [0.1, 0.15) is 5.56 Å². The molecule has 0 spiro atoms. The summed E-state index contributed by atoms with van der Waals surface area (Å²) in [6.07, 6.45) is -0.471.